The average molecular weight is 318 g/mol. The minimum atomic E-state index is -0.275. The van der Waals surface area contributed by atoms with Crippen LogP contribution in [-0.4, -0.2) is 29.6 Å². The molecule has 2 amide bonds. The molecular formula is C16H18N2O3S. The summed E-state index contributed by atoms with van der Waals surface area (Å²) in [7, 11) is 0. The van der Waals surface area contributed by atoms with E-state index in [-0.39, 0.29) is 24.5 Å². The molecule has 6 heteroatoms. The molecule has 0 aliphatic rings. The second-order valence-electron chi connectivity index (χ2n) is 4.86. The van der Waals surface area contributed by atoms with Crippen molar-refractivity contribution < 1.29 is 14.7 Å². The zero-order valence-electron chi connectivity index (χ0n) is 12.2. The molecule has 22 heavy (non-hydrogen) atoms. The topological polar surface area (TPSA) is 78.4 Å². The van der Waals surface area contributed by atoms with Crippen molar-refractivity contribution in [2.45, 2.75) is 19.4 Å². The van der Waals surface area contributed by atoms with Gasteiger partial charge in [0.05, 0.1) is 16.1 Å². The number of benzene rings is 1. The van der Waals surface area contributed by atoms with E-state index < -0.39 is 0 Å². The van der Waals surface area contributed by atoms with Crippen molar-refractivity contribution >= 4 is 28.8 Å². The van der Waals surface area contributed by atoms with E-state index in [9.17, 15) is 9.59 Å². The molecular weight excluding hydrogens is 300 g/mol. The first kappa shape index (κ1) is 16.2. The molecule has 3 N–H and O–H groups in total. The lowest BCUT2D eigenvalue weighted by molar-refractivity contribution is 0.0935. The molecule has 5 nitrogen and oxygen atoms in total. The molecule has 2 aromatic rings. The molecule has 0 saturated carbocycles. The van der Waals surface area contributed by atoms with E-state index >= 15 is 0 Å². The van der Waals surface area contributed by atoms with Gasteiger partial charge < -0.3 is 15.7 Å². The van der Waals surface area contributed by atoms with E-state index in [1.54, 1.807) is 36.4 Å². The normalized spacial score (nSPS) is 11.7. The van der Waals surface area contributed by atoms with Gasteiger partial charge in [-0.15, -0.1) is 11.3 Å². The summed E-state index contributed by atoms with van der Waals surface area (Å²) in [5, 5.41) is 16.3. The fourth-order valence-electron chi connectivity index (χ4n) is 1.95. The Morgan fingerprint density at radius 2 is 1.95 bits per heavy atom. The van der Waals surface area contributed by atoms with Crippen molar-refractivity contribution in [1.29, 1.82) is 0 Å². The van der Waals surface area contributed by atoms with Gasteiger partial charge >= 0.3 is 0 Å². The molecule has 1 aromatic heterocycles. The van der Waals surface area contributed by atoms with Gasteiger partial charge in [0.2, 0.25) is 0 Å². The third-order valence-corrected chi connectivity index (χ3v) is 3.97. The highest BCUT2D eigenvalue weighted by Gasteiger charge is 2.15. The third kappa shape index (κ3) is 4.16. The highest BCUT2D eigenvalue weighted by atomic mass is 32.1. The maximum atomic E-state index is 12.3. The molecule has 0 saturated heterocycles. The predicted molar refractivity (Wildman–Crippen MR) is 87.3 cm³/mol. The average Bonchev–Trinajstić information content (AvgIpc) is 3.02. The van der Waals surface area contributed by atoms with Gasteiger partial charge in [-0.05, 0) is 36.9 Å². The summed E-state index contributed by atoms with van der Waals surface area (Å²) in [6, 6.07) is 10.2. The number of hydrogen-bond acceptors (Lipinski definition) is 4. The van der Waals surface area contributed by atoms with Gasteiger partial charge in [-0.3, -0.25) is 9.59 Å². The van der Waals surface area contributed by atoms with E-state index in [2.05, 4.69) is 10.6 Å². The van der Waals surface area contributed by atoms with Crippen molar-refractivity contribution in [3.05, 3.63) is 52.2 Å². The minimum Gasteiger partial charge on any atom is -0.396 e. The lowest BCUT2D eigenvalue weighted by Gasteiger charge is -2.15. The van der Waals surface area contributed by atoms with Crippen LogP contribution in [0.3, 0.4) is 0 Å². The Hall–Kier alpha value is -2.18. The largest absolute Gasteiger partial charge is 0.396 e. The van der Waals surface area contributed by atoms with Gasteiger partial charge in [0, 0.05) is 12.6 Å². The summed E-state index contributed by atoms with van der Waals surface area (Å²) in [4.78, 5) is 25.0. The Morgan fingerprint density at radius 1 is 1.18 bits per heavy atom. The standard InChI is InChI=1S/C16H18N2O3S/c1-11(8-9-19)17-15(20)12-5-2-3-6-13(12)18-16(21)14-7-4-10-22-14/h2-7,10-11,19H,8-9H2,1H3,(H,17,20)(H,18,21). The molecule has 2 rings (SSSR count). The van der Waals surface area contributed by atoms with E-state index in [4.69, 9.17) is 5.11 Å². The van der Waals surface area contributed by atoms with Crippen LogP contribution in [-0.2, 0) is 0 Å². The summed E-state index contributed by atoms with van der Waals surface area (Å²) >= 11 is 1.34. The summed E-state index contributed by atoms with van der Waals surface area (Å²) in [6.45, 7) is 1.83. The monoisotopic (exact) mass is 318 g/mol. The molecule has 116 valence electrons. The third-order valence-electron chi connectivity index (χ3n) is 3.10. The number of para-hydroxylation sites is 1. The number of nitrogens with one attached hydrogen (secondary N) is 2. The highest BCUT2D eigenvalue weighted by Crippen LogP contribution is 2.18. The van der Waals surface area contributed by atoms with Gasteiger partial charge in [-0.25, -0.2) is 0 Å². The van der Waals surface area contributed by atoms with Gasteiger partial charge in [0.15, 0.2) is 0 Å². The molecule has 1 aromatic carbocycles. The summed E-state index contributed by atoms with van der Waals surface area (Å²) in [5.74, 6) is -0.512. The first-order valence-corrected chi connectivity index (χ1v) is 7.85. The maximum Gasteiger partial charge on any atom is 0.265 e. The van der Waals surface area contributed by atoms with Crippen LogP contribution in [0.2, 0.25) is 0 Å². The molecule has 0 bridgehead atoms. The quantitative estimate of drug-likeness (QED) is 0.766. The van der Waals surface area contributed by atoms with Crippen molar-refractivity contribution in [2.75, 3.05) is 11.9 Å². The van der Waals surface area contributed by atoms with Crippen LogP contribution in [0.15, 0.2) is 41.8 Å². The SMILES string of the molecule is CC(CCO)NC(=O)c1ccccc1NC(=O)c1cccs1. The number of aliphatic hydroxyl groups excluding tert-OH is 1. The Morgan fingerprint density at radius 3 is 2.64 bits per heavy atom. The number of carbonyl (C=O) groups excluding carboxylic acids is 2. The minimum absolute atomic E-state index is 0.0121. The zero-order valence-corrected chi connectivity index (χ0v) is 13.0. The van der Waals surface area contributed by atoms with Crippen molar-refractivity contribution in [1.82, 2.24) is 5.32 Å². The van der Waals surface area contributed by atoms with Crippen LogP contribution in [0, 0.1) is 0 Å². The van der Waals surface area contributed by atoms with Gasteiger partial charge in [-0.1, -0.05) is 18.2 Å². The van der Waals surface area contributed by atoms with Crippen molar-refractivity contribution in [3.8, 4) is 0 Å². The second-order valence-corrected chi connectivity index (χ2v) is 5.81. The van der Waals surface area contributed by atoms with E-state index in [1.165, 1.54) is 11.3 Å². The Bertz CT molecular complexity index is 641. The molecule has 1 heterocycles. The molecule has 1 unspecified atom stereocenters. The van der Waals surface area contributed by atoms with E-state index in [0.717, 1.165) is 0 Å². The van der Waals surface area contributed by atoms with Crippen LogP contribution < -0.4 is 10.6 Å². The maximum absolute atomic E-state index is 12.3. The molecule has 0 fully saturated rings. The molecule has 0 aliphatic carbocycles. The summed E-state index contributed by atoms with van der Waals surface area (Å²) in [5.41, 5.74) is 0.867. The van der Waals surface area contributed by atoms with Crippen LogP contribution in [0.25, 0.3) is 0 Å². The number of thiophene rings is 1. The van der Waals surface area contributed by atoms with Gasteiger partial charge in [0.25, 0.3) is 11.8 Å². The number of carbonyl (C=O) groups is 2. The first-order chi connectivity index (χ1) is 10.6. The molecule has 0 spiro atoms. The Balaban J connectivity index is 2.12. The van der Waals surface area contributed by atoms with Crippen molar-refractivity contribution in [2.24, 2.45) is 0 Å². The van der Waals surface area contributed by atoms with E-state index in [1.807, 2.05) is 12.3 Å². The molecule has 1 atom stereocenters. The lowest BCUT2D eigenvalue weighted by Crippen LogP contribution is -2.33. The second kappa shape index (κ2) is 7.72. The fourth-order valence-corrected chi connectivity index (χ4v) is 2.57. The van der Waals surface area contributed by atoms with Crippen LogP contribution in [0.5, 0.6) is 0 Å². The fraction of sp³-hybridized carbons (Fsp3) is 0.250. The summed E-state index contributed by atoms with van der Waals surface area (Å²) in [6.07, 6.45) is 0.482. The van der Waals surface area contributed by atoms with Gasteiger partial charge in [-0.2, -0.15) is 0 Å². The first-order valence-electron chi connectivity index (χ1n) is 6.97. The molecule has 0 radical (unpaired) electrons. The number of rotatable bonds is 6. The number of hydrogen-bond donors (Lipinski definition) is 3. The predicted octanol–water partition coefficient (Wildman–Crippen LogP) is 2.50. The molecule has 0 aliphatic heterocycles. The van der Waals surface area contributed by atoms with Crippen LogP contribution in [0.1, 0.15) is 33.4 Å². The Kier molecular flexibility index (Phi) is 5.68. The van der Waals surface area contributed by atoms with Gasteiger partial charge in [0.1, 0.15) is 0 Å². The Labute approximate surface area is 133 Å². The number of anilines is 1. The van der Waals surface area contributed by atoms with Crippen LogP contribution >= 0.6 is 11.3 Å². The number of amides is 2. The smallest absolute Gasteiger partial charge is 0.265 e. The lowest BCUT2D eigenvalue weighted by atomic mass is 10.1. The zero-order chi connectivity index (χ0) is 15.9. The summed E-state index contributed by atoms with van der Waals surface area (Å²) < 4.78 is 0. The van der Waals surface area contributed by atoms with E-state index in [0.29, 0.717) is 22.5 Å². The van der Waals surface area contributed by atoms with Crippen LogP contribution in [0.4, 0.5) is 5.69 Å². The van der Waals surface area contributed by atoms with Crippen molar-refractivity contribution in [3.63, 3.8) is 0 Å². The number of aliphatic hydroxyl groups is 1. The highest BCUT2D eigenvalue weighted by molar-refractivity contribution is 7.12.